The van der Waals surface area contributed by atoms with Crippen molar-refractivity contribution in [1.29, 1.82) is 0 Å². The molecule has 1 aromatic rings. The summed E-state index contributed by atoms with van der Waals surface area (Å²) in [4.78, 5) is 12.7. The first-order chi connectivity index (χ1) is 11.3. The highest BCUT2D eigenvalue weighted by Gasteiger charge is 2.33. The molecule has 4 N–H and O–H groups in total. The summed E-state index contributed by atoms with van der Waals surface area (Å²) in [5.74, 6) is -0.107. The van der Waals surface area contributed by atoms with E-state index in [-0.39, 0.29) is 28.6 Å². The lowest BCUT2D eigenvalue weighted by Gasteiger charge is -2.35. The van der Waals surface area contributed by atoms with Gasteiger partial charge in [-0.2, -0.15) is 0 Å². The van der Waals surface area contributed by atoms with Gasteiger partial charge in [0.1, 0.15) is 0 Å². The first-order valence-electron chi connectivity index (χ1n) is 8.37. The lowest BCUT2D eigenvalue weighted by atomic mass is 9.71. The molecule has 2 rings (SSSR count). The molecule has 0 aliphatic heterocycles. The summed E-state index contributed by atoms with van der Waals surface area (Å²) in [6, 6.07) is 4.88. The van der Waals surface area contributed by atoms with E-state index in [1.54, 1.807) is 19.1 Å². The van der Waals surface area contributed by atoms with Crippen molar-refractivity contribution >= 4 is 34.0 Å². The monoisotopic (exact) mass is 389 g/mol. The van der Waals surface area contributed by atoms with Crippen LogP contribution in [0.4, 0.5) is 5.69 Å². The molecular formula is C17H28ClN3O3S. The summed E-state index contributed by atoms with van der Waals surface area (Å²) in [6.45, 7) is 2.20. The molecule has 25 heavy (non-hydrogen) atoms. The van der Waals surface area contributed by atoms with Crippen LogP contribution in [0.1, 0.15) is 44.1 Å². The number of sulfonamides is 1. The standard InChI is InChI=1S/C17H27N3O3S.ClH/c1-13-14(7-6-8-15(13)24(22,23)19-2)20-16(21)11-17(12-18)9-4-3-5-10-17;/h6-8,19H,3-5,9-12,18H2,1-2H3,(H,20,21);1H. The van der Waals surface area contributed by atoms with E-state index in [2.05, 4.69) is 10.0 Å². The molecule has 1 fully saturated rings. The molecule has 0 aromatic heterocycles. The molecule has 8 heteroatoms. The molecule has 0 atom stereocenters. The Bertz CT molecular complexity index is 701. The van der Waals surface area contributed by atoms with E-state index in [1.807, 2.05) is 0 Å². The van der Waals surface area contributed by atoms with Crippen LogP contribution in [0.15, 0.2) is 23.1 Å². The fourth-order valence-corrected chi connectivity index (χ4v) is 4.43. The molecule has 0 bridgehead atoms. The Balaban J connectivity index is 0.00000312. The average Bonchev–Trinajstić information content (AvgIpc) is 2.57. The van der Waals surface area contributed by atoms with Crippen molar-refractivity contribution < 1.29 is 13.2 Å². The number of nitrogens with two attached hydrogens (primary N) is 1. The van der Waals surface area contributed by atoms with Gasteiger partial charge in [0.05, 0.1) is 4.90 Å². The number of halogens is 1. The summed E-state index contributed by atoms with van der Waals surface area (Å²) in [5, 5.41) is 2.87. The summed E-state index contributed by atoms with van der Waals surface area (Å²) < 4.78 is 26.4. The maximum Gasteiger partial charge on any atom is 0.240 e. The predicted octanol–water partition coefficient (Wildman–Crippen LogP) is 2.56. The van der Waals surface area contributed by atoms with Gasteiger partial charge in [0.25, 0.3) is 0 Å². The minimum atomic E-state index is -3.55. The summed E-state index contributed by atoms with van der Waals surface area (Å²) in [6.07, 6.45) is 5.76. The normalized spacial score (nSPS) is 16.8. The SMILES string of the molecule is CNS(=O)(=O)c1cccc(NC(=O)CC2(CN)CCCCC2)c1C.Cl. The number of amides is 1. The van der Waals surface area contributed by atoms with Crippen molar-refractivity contribution in [2.24, 2.45) is 11.1 Å². The molecule has 0 unspecified atom stereocenters. The lowest BCUT2D eigenvalue weighted by Crippen LogP contribution is -2.36. The summed E-state index contributed by atoms with van der Waals surface area (Å²) in [5.41, 5.74) is 6.88. The first kappa shape index (κ1) is 21.9. The van der Waals surface area contributed by atoms with E-state index < -0.39 is 10.0 Å². The second-order valence-electron chi connectivity index (χ2n) is 6.63. The molecular weight excluding hydrogens is 362 g/mol. The molecule has 1 amide bonds. The highest BCUT2D eigenvalue weighted by molar-refractivity contribution is 7.89. The van der Waals surface area contributed by atoms with Crippen LogP contribution in [0.3, 0.4) is 0 Å². The van der Waals surface area contributed by atoms with Crippen molar-refractivity contribution in [2.75, 3.05) is 18.9 Å². The molecule has 142 valence electrons. The lowest BCUT2D eigenvalue weighted by molar-refractivity contribution is -0.118. The summed E-state index contributed by atoms with van der Waals surface area (Å²) >= 11 is 0. The van der Waals surface area contributed by atoms with Crippen LogP contribution >= 0.6 is 12.4 Å². The molecule has 0 saturated heterocycles. The maximum atomic E-state index is 12.5. The second kappa shape index (κ2) is 8.98. The Morgan fingerprint density at radius 1 is 1.24 bits per heavy atom. The zero-order chi connectivity index (χ0) is 17.8. The number of anilines is 1. The molecule has 0 spiro atoms. The number of rotatable bonds is 6. The van der Waals surface area contributed by atoms with Gasteiger partial charge in [0, 0.05) is 12.1 Å². The van der Waals surface area contributed by atoms with Crippen molar-refractivity contribution in [3.05, 3.63) is 23.8 Å². The molecule has 1 aliphatic rings. The minimum absolute atomic E-state index is 0. The van der Waals surface area contributed by atoms with Gasteiger partial charge in [0.15, 0.2) is 0 Å². The molecule has 1 aromatic carbocycles. The van der Waals surface area contributed by atoms with Crippen LogP contribution in [-0.2, 0) is 14.8 Å². The second-order valence-corrected chi connectivity index (χ2v) is 8.48. The van der Waals surface area contributed by atoms with E-state index >= 15 is 0 Å². The molecule has 0 radical (unpaired) electrons. The third kappa shape index (κ3) is 5.17. The average molecular weight is 390 g/mol. The third-order valence-electron chi connectivity index (χ3n) is 5.00. The number of hydrogen-bond donors (Lipinski definition) is 3. The molecule has 1 saturated carbocycles. The molecule has 0 heterocycles. The van der Waals surface area contributed by atoms with Gasteiger partial charge in [-0.25, -0.2) is 13.1 Å². The van der Waals surface area contributed by atoms with Gasteiger partial charge in [-0.15, -0.1) is 12.4 Å². The third-order valence-corrected chi connectivity index (χ3v) is 6.56. The van der Waals surface area contributed by atoms with E-state index in [0.717, 1.165) is 25.7 Å². The quantitative estimate of drug-likeness (QED) is 0.695. The van der Waals surface area contributed by atoms with Crippen molar-refractivity contribution in [3.63, 3.8) is 0 Å². The van der Waals surface area contributed by atoms with Gasteiger partial charge in [-0.05, 0) is 56.5 Å². The number of nitrogens with one attached hydrogen (secondary N) is 2. The number of carbonyl (C=O) groups is 1. The number of carbonyl (C=O) groups excluding carboxylic acids is 1. The van der Waals surface area contributed by atoms with Gasteiger partial charge in [-0.3, -0.25) is 4.79 Å². The largest absolute Gasteiger partial charge is 0.330 e. The van der Waals surface area contributed by atoms with E-state index in [1.165, 1.54) is 19.5 Å². The van der Waals surface area contributed by atoms with E-state index in [0.29, 0.717) is 24.2 Å². The van der Waals surface area contributed by atoms with Crippen LogP contribution in [-0.4, -0.2) is 27.9 Å². The number of benzene rings is 1. The first-order valence-corrected chi connectivity index (χ1v) is 9.85. The minimum Gasteiger partial charge on any atom is -0.330 e. The van der Waals surface area contributed by atoms with Gasteiger partial charge in [0.2, 0.25) is 15.9 Å². The maximum absolute atomic E-state index is 12.5. The van der Waals surface area contributed by atoms with Crippen molar-refractivity contribution in [1.82, 2.24) is 4.72 Å². The van der Waals surface area contributed by atoms with Crippen molar-refractivity contribution in [2.45, 2.75) is 50.3 Å². The Labute approximate surface area is 156 Å². The van der Waals surface area contributed by atoms with Crippen LogP contribution in [0.5, 0.6) is 0 Å². The van der Waals surface area contributed by atoms with E-state index in [9.17, 15) is 13.2 Å². The van der Waals surface area contributed by atoms with E-state index in [4.69, 9.17) is 5.73 Å². The Hall–Kier alpha value is -1.15. The number of hydrogen-bond acceptors (Lipinski definition) is 4. The molecule has 1 aliphatic carbocycles. The van der Waals surface area contributed by atoms with Gasteiger partial charge < -0.3 is 11.1 Å². The highest BCUT2D eigenvalue weighted by atomic mass is 35.5. The Morgan fingerprint density at radius 2 is 1.88 bits per heavy atom. The fourth-order valence-electron chi connectivity index (χ4n) is 3.44. The zero-order valence-corrected chi connectivity index (χ0v) is 16.4. The topological polar surface area (TPSA) is 101 Å². The Kier molecular flexibility index (Phi) is 7.87. The van der Waals surface area contributed by atoms with Crippen LogP contribution in [0.25, 0.3) is 0 Å². The Morgan fingerprint density at radius 3 is 2.44 bits per heavy atom. The smallest absolute Gasteiger partial charge is 0.240 e. The van der Waals surface area contributed by atoms with Crippen LogP contribution in [0.2, 0.25) is 0 Å². The highest BCUT2D eigenvalue weighted by Crippen LogP contribution is 2.38. The zero-order valence-electron chi connectivity index (χ0n) is 14.8. The van der Waals surface area contributed by atoms with Crippen LogP contribution < -0.4 is 15.8 Å². The van der Waals surface area contributed by atoms with Gasteiger partial charge in [-0.1, -0.05) is 25.3 Å². The summed E-state index contributed by atoms with van der Waals surface area (Å²) in [7, 11) is -2.18. The van der Waals surface area contributed by atoms with Gasteiger partial charge >= 0.3 is 0 Å². The predicted molar refractivity (Wildman–Crippen MR) is 102 cm³/mol. The fraction of sp³-hybridized carbons (Fsp3) is 0.588. The van der Waals surface area contributed by atoms with Crippen molar-refractivity contribution in [3.8, 4) is 0 Å². The molecule has 6 nitrogen and oxygen atoms in total. The van der Waals surface area contributed by atoms with Crippen LogP contribution in [0, 0.1) is 12.3 Å².